The number of hydrogen-bond donors (Lipinski definition) is 1. The molecule has 0 bridgehead atoms. The molecule has 0 radical (unpaired) electrons. The predicted molar refractivity (Wildman–Crippen MR) is 85.1 cm³/mol. The molecule has 0 aliphatic rings. The van der Waals surface area contributed by atoms with Gasteiger partial charge < -0.3 is 5.32 Å². The zero-order chi connectivity index (χ0) is 14.0. The van der Waals surface area contributed by atoms with Crippen LogP contribution < -0.4 is 5.32 Å². The second-order valence-electron chi connectivity index (χ2n) is 5.21. The van der Waals surface area contributed by atoms with E-state index in [1.807, 2.05) is 6.07 Å². The van der Waals surface area contributed by atoms with Crippen LogP contribution >= 0.6 is 38.9 Å². The number of anilines is 1. The molecule has 0 aliphatic heterocycles. The van der Waals surface area contributed by atoms with Gasteiger partial charge in [-0.1, -0.05) is 32.4 Å². The minimum atomic E-state index is -0.118. The molecule has 1 N–H and O–H groups in total. The van der Waals surface area contributed by atoms with Gasteiger partial charge in [0.2, 0.25) is 0 Å². The molecule has 2 heterocycles. The second-order valence-corrected chi connectivity index (χ2v) is 8.14. The lowest BCUT2D eigenvalue weighted by molar-refractivity contribution is 0.546. The van der Waals surface area contributed by atoms with Crippen molar-refractivity contribution in [2.75, 3.05) is 5.32 Å². The molecular weight excluding hydrogens is 346 g/mol. The van der Waals surface area contributed by atoms with Crippen LogP contribution in [0.2, 0.25) is 5.15 Å². The van der Waals surface area contributed by atoms with Crippen molar-refractivity contribution in [1.82, 2.24) is 9.97 Å². The third kappa shape index (κ3) is 4.16. The number of halogens is 2. The van der Waals surface area contributed by atoms with Crippen molar-refractivity contribution in [2.24, 2.45) is 0 Å². The summed E-state index contributed by atoms with van der Waals surface area (Å²) in [6, 6.07) is 5.86. The van der Waals surface area contributed by atoms with Crippen molar-refractivity contribution in [3.8, 4) is 0 Å². The van der Waals surface area contributed by atoms with Crippen LogP contribution in [-0.2, 0) is 12.0 Å². The molecule has 0 fully saturated rings. The van der Waals surface area contributed by atoms with E-state index in [1.165, 1.54) is 4.88 Å². The van der Waals surface area contributed by atoms with Gasteiger partial charge in [0, 0.05) is 16.4 Å². The minimum Gasteiger partial charge on any atom is -0.365 e. The number of nitrogens with one attached hydrogen (secondary N) is 1. The number of rotatable bonds is 3. The van der Waals surface area contributed by atoms with Gasteiger partial charge in [-0.05, 0) is 28.1 Å². The highest BCUT2D eigenvalue weighted by molar-refractivity contribution is 9.11. The first kappa shape index (κ1) is 14.8. The summed E-state index contributed by atoms with van der Waals surface area (Å²) in [5, 5.41) is 3.75. The monoisotopic (exact) mass is 359 g/mol. The third-order valence-corrected chi connectivity index (χ3v) is 4.26. The van der Waals surface area contributed by atoms with E-state index >= 15 is 0 Å². The SMILES string of the molecule is CC(C)(C)c1nc(Cl)cc(NCc2ccc(Br)s2)n1. The molecule has 2 aromatic rings. The Balaban J connectivity index is 2.14. The van der Waals surface area contributed by atoms with Crippen LogP contribution in [0.15, 0.2) is 22.0 Å². The molecule has 6 heteroatoms. The number of aromatic nitrogens is 2. The Labute approximate surface area is 130 Å². The van der Waals surface area contributed by atoms with Crippen molar-refractivity contribution >= 4 is 44.7 Å². The van der Waals surface area contributed by atoms with E-state index in [9.17, 15) is 0 Å². The van der Waals surface area contributed by atoms with E-state index in [0.29, 0.717) is 5.15 Å². The summed E-state index contributed by atoms with van der Waals surface area (Å²) in [6.07, 6.45) is 0. The molecule has 0 saturated heterocycles. The number of hydrogen-bond acceptors (Lipinski definition) is 4. The van der Waals surface area contributed by atoms with Crippen LogP contribution in [0.5, 0.6) is 0 Å². The summed E-state index contributed by atoms with van der Waals surface area (Å²) in [6.45, 7) is 6.93. The number of nitrogens with zero attached hydrogens (tertiary/aromatic N) is 2. The maximum atomic E-state index is 6.05. The molecule has 0 aromatic carbocycles. The van der Waals surface area contributed by atoms with E-state index in [1.54, 1.807) is 17.4 Å². The number of thiophene rings is 1. The Hall–Kier alpha value is -0.650. The van der Waals surface area contributed by atoms with Crippen molar-refractivity contribution < 1.29 is 0 Å². The summed E-state index contributed by atoms with van der Waals surface area (Å²) in [7, 11) is 0. The molecule has 0 unspecified atom stereocenters. The lowest BCUT2D eigenvalue weighted by Crippen LogP contribution is -2.17. The zero-order valence-corrected chi connectivity index (χ0v) is 14.2. The maximum absolute atomic E-state index is 6.05. The minimum absolute atomic E-state index is 0.118. The van der Waals surface area contributed by atoms with Gasteiger partial charge >= 0.3 is 0 Å². The molecule has 0 amide bonds. The predicted octanol–water partition coefficient (Wildman–Crippen LogP) is 4.86. The van der Waals surface area contributed by atoms with Gasteiger partial charge in [-0.3, -0.25) is 0 Å². The normalized spacial score (nSPS) is 11.6. The molecule has 2 aromatic heterocycles. The Morgan fingerprint density at radius 2 is 2.05 bits per heavy atom. The molecule has 0 spiro atoms. The molecule has 102 valence electrons. The lowest BCUT2D eigenvalue weighted by Gasteiger charge is -2.17. The fourth-order valence-electron chi connectivity index (χ4n) is 1.47. The third-order valence-electron chi connectivity index (χ3n) is 2.44. The topological polar surface area (TPSA) is 37.8 Å². The van der Waals surface area contributed by atoms with Crippen LogP contribution in [-0.4, -0.2) is 9.97 Å². The van der Waals surface area contributed by atoms with Crippen molar-refractivity contribution in [3.05, 3.63) is 37.8 Å². The molecule has 2 rings (SSSR count). The molecule has 19 heavy (non-hydrogen) atoms. The maximum Gasteiger partial charge on any atom is 0.137 e. The van der Waals surface area contributed by atoms with Gasteiger partial charge in [0.15, 0.2) is 0 Å². The van der Waals surface area contributed by atoms with Gasteiger partial charge in [0.25, 0.3) is 0 Å². The Bertz CT molecular complexity index is 578. The molecular formula is C13H15BrClN3S. The van der Waals surface area contributed by atoms with Gasteiger partial charge in [-0.2, -0.15) is 0 Å². The van der Waals surface area contributed by atoms with Gasteiger partial charge in [-0.25, -0.2) is 9.97 Å². The quantitative estimate of drug-likeness (QED) is 0.794. The molecule has 0 aliphatic carbocycles. The van der Waals surface area contributed by atoms with Crippen LogP contribution in [0.25, 0.3) is 0 Å². The van der Waals surface area contributed by atoms with Gasteiger partial charge in [-0.15, -0.1) is 11.3 Å². The van der Waals surface area contributed by atoms with Gasteiger partial charge in [0.1, 0.15) is 16.8 Å². The fourth-order valence-corrected chi connectivity index (χ4v) is 3.07. The molecule has 0 saturated carbocycles. The van der Waals surface area contributed by atoms with Crippen LogP contribution in [0, 0.1) is 0 Å². The van der Waals surface area contributed by atoms with Crippen molar-refractivity contribution in [3.63, 3.8) is 0 Å². The fraction of sp³-hybridized carbons (Fsp3) is 0.385. The average Bonchev–Trinajstić information content (AvgIpc) is 2.71. The van der Waals surface area contributed by atoms with Crippen LogP contribution in [0.1, 0.15) is 31.5 Å². The summed E-state index contributed by atoms with van der Waals surface area (Å²) >= 11 is 11.2. The Morgan fingerprint density at radius 1 is 1.32 bits per heavy atom. The van der Waals surface area contributed by atoms with E-state index in [2.05, 4.69) is 58.1 Å². The summed E-state index contributed by atoms with van der Waals surface area (Å²) in [5.41, 5.74) is -0.118. The van der Waals surface area contributed by atoms with Crippen LogP contribution in [0.4, 0.5) is 5.82 Å². The van der Waals surface area contributed by atoms with Crippen molar-refractivity contribution in [2.45, 2.75) is 32.7 Å². The van der Waals surface area contributed by atoms with Crippen LogP contribution in [0.3, 0.4) is 0 Å². The van der Waals surface area contributed by atoms with E-state index in [-0.39, 0.29) is 5.41 Å². The van der Waals surface area contributed by atoms with E-state index in [4.69, 9.17) is 11.6 Å². The summed E-state index contributed by atoms with van der Waals surface area (Å²) in [5.74, 6) is 1.50. The first-order valence-electron chi connectivity index (χ1n) is 5.88. The highest BCUT2D eigenvalue weighted by atomic mass is 79.9. The summed E-state index contributed by atoms with van der Waals surface area (Å²) in [4.78, 5) is 10.0. The van der Waals surface area contributed by atoms with Gasteiger partial charge in [0.05, 0.1) is 10.3 Å². The smallest absolute Gasteiger partial charge is 0.137 e. The largest absolute Gasteiger partial charge is 0.365 e. The lowest BCUT2D eigenvalue weighted by atomic mass is 9.96. The molecule has 3 nitrogen and oxygen atoms in total. The standard InChI is InChI=1S/C13H15BrClN3S/c1-13(2,3)12-17-10(15)6-11(18-12)16-7-8-4-5-9(14)19-8/h4-6H,7H2,1-3H3,(H,16,17,18). The van der Waals surface area contributed by atoms with Crippen molar-refractivity contribution in [1.29, 1.82) is 0 Å². The van der Waals surface area contributed by atoms with E-state index < -0.39 is 0 Å². The average molecular weight is 361 g/mol. The van der Waals surface area contributed by atoms with E-state index in [0.717, 1.165) is 22.0 Å². The first-order chi connectivity index (χ1) is 8.84. The highest BCUT2D eigenvalue weighted by Gasteiger charge is 2.18. The first-order valence-corrected chi connectivity index (χ1v) is 7.86. The summed E-state index contributed by atoms with van der Waals surface area (Å²) < 4.78 is 1.13. The zero-order valence-electron chi connectivity index (χ0n) is 11.0. The highest BCUT2D eigenvalue weighted by Crippen LogP contribution is 2.24. The second kappa shape index (κ2) is 5.77. The Kier molecular flexibility index (Phi) is 4.48. The molecule has 0 atom stereocenters. The Morgan fingerprint density at radius 3 is 2.63 bits per heavy atom.